The molecule has 12 nitrogen and oxygen atoms in total. The minimum atomic E-state index is -3.44. The number of hydrogen-bond acceptors (Lipinski definition) is 9. The van der Waals surface area contributed by atoms with Crippen molar-refractivity contribution in [2.24, 2.45) is 16.5 Å². The smallest absolute Gasteiger partial charge is 0.338 e. The van der Waals surface area contributed by atoms with Gasteiger partial charge in [0.05, 0.1) is 24.2 Å². The molecule has 0 aromatic heterocycles. The molecule has 2 aliphatic rings. The number of carbonyl (C=O) groups excluding carboxylic acids is 2. The van der Waals surface area contributed by atoms with E-state index in [-0.39, 0.29) is 57.3 Å². The molecule has 4 rings (SSSR count). The first kappa shape index (κ1) is 28.9. The lowest BCUT2D eigenvalue weighted by molar-refractivity contribution is 0.0599. The Bertz CT molecular complexity index is 1510. The number of benzene rings is 2. The average molecular weight is 568 g/mol. The largest absolute Gasteiger partial charge is 0.491 e. The highest BCUT2D eigenvalue weighted by atomic mass is 32.2. The third-order valence-corrected chi connectivity index (χ3v) is 9.24. The number of nitrogens with zero attached hydrogens (tertiary/aromatic N) is 1. The van der Waals surface area contributed by atoms with E-state index in [4.69, 9.17) is 20.9 Å². The minimum Gasteiger partial charge on any atom is -0.491 e. The van der Waals surface area contributed by atoms with Crippen LogP contribution in [0.3, 0.4) is 0 Å². The van der Waals surface area contributed by atoms with Crippen molar-refractivity contribution in [3.63, 3.8) is 0 Å². The van der Waals surface area contributed by atoms with E-state index in [1.807, 2.05) is 13.8 Å². The highest BCUT2D eigenvalue weighted by Gasteiger charge is 2.29. The number of aryl methyl sites for hydroxylation is 2. The number of esters is 1. The summed E-state index contributed by atoms with van der Waals surface area (Å²) in [5.74, 6) is -1.14. The van der Waals surface area contributed by atoms with Crippen molar-refractivity contribution < 1.29 is 40.6 Å². The van der Waals surface area contributed by atoms with Gasteiger partial charge in [0, 0.05) is 5.56 Å². The van der Waals surface area contributed by atoms with Gasteiger partial charge in [0.1, 0.15) is 34.5 Å². The predicted molar refractivity (Wildman–Crippen MR) is 138 cm³/mol. The molecule has 0 spiro atoms. The van der Waals surface area contributed by atoms with E-state index in [9.17, 15) is 26.4 Å². The predicted octanol–water partition coefficient (Wildman–Crippen LogP) is 1.03. The molecular formula is C24H29N3O9S2. The van der Waals surface area contributed by atoms with Crippen LogP contribution in [0.4, 0.5) is 0 Å². The molecule has 0 saturated heterocycles. The van der Waals surface area contributed by atoms with Crippen LogP contribution in [-0.4, -0.2) is 66.5 Å². The maximum atomic E-state index is 12.0. The zero-order valence-corrected chi connectivity index (χ0v) is 22.8. The molecule has 0 aliphatic carbocycles. The van der Waals surface area contributed by atoms with Crippen molar-refractivity contribution >= 4 is 37.5 Å². The lowest BCUT2D eigenvalue weighted by atomic mass is 10.0. The van der Waals surface area contributed by atoms with Gasteiger partial charge in [-0.3, -0.25) is 4.79 Å². The van der Waals surface area contributed by atoms with Gasteiger partial charge in [-0.1, -0.05) is 13.8 Å². The fourth-order valence-corrected chi connectivity index (χ4v) is 6.41. The number of nitrogens with two attached hydrogens (primary N) is 2. The number of methoxy groups -OCH3 is 1. The summed E-state index contributed by atoms with van der Waals surface area (Å²) in [6, 6.07) is 5.81. The summed E-state index contributed by atoms with van der Waals surface area (Å²) in [7, 11) is -5.53. The number of carbonyl (C=O) groups is 2. The molecule has 0 bridgehead atoms. The molecule has 0 unspecified atom stereocenters. The van der Waals surface area contributed by atoms with Crippen LogP contribution >= 0.6 is 0 Å². The molecule has 2 aromatic rings. The Balaban J connectivity index is 0.000000212. The van der Waals surface area contributed by atoms with Gasteiger partial charge in [0.2, 0.25) is 0 Å². The van der Waals surface area contributed by atoms with Gasteiger partial charge in [-0.05, 0) is 48.2 Å². The quantitative estimate of drug-likeness (QED) is 0.304. The second kappa shape index (κ2) is 11.4. The van der Waals surface area contributed by atoms with Crippen LogP contribution in [-0.2, 0) is 37.3 Å². The lowest BCUT2D eigenvalue weighted by Crippen LogP contribution is -2.25. The Morgan fingerprint density at radius 3 is 1.71 bits per heavy atom. The Morgan fingerprint density at radius 1 is 0.842 bits per heavy atom. The van der Waals surface area contributed by atoms with E-state index in [0.29, 0.717) is 24.2 Å². The van der Waals surface area contributed by atoms with E-state index in [1.54, 1.807) is 12.1 Å². The third kappa shape index (κ3) is 6.07. The van der Waals surface area contributed by atoms with E-state index in [2.05, 4.69) is 9.73 Å². The number of ether oxygens (including phenoxy) is 3. The van der Waals surface area contributed by atoms with Gasteiger partial charge in [0.15, 0.2) is 25.6 Å². The molecule has 2 heterocycles. The molecule has 1 amide bonds. The van der Waals surface area contributed by atoms with Crippen molar-refractivity contribution in [2.75, 3.05) is 31.8 Å². The Kier molecular flexibility index (Phi) is 8.67. The second-order valence-corrected chi connectivity index (χ2v) is 12.4. The van der Waals surface area contributed by atoms with Crippen molar-refractivity contribution in [2.45, 2.75) is 36.5 Å². The van der Waals surface area contributed by atoms with Crippen LogP contribution < -0.4 is 20.9 Å². The summed E-state index contributed by atoms with van der Waals surface area (Å²) in [5.41, 5.74) is 12.2. The second-order valence-electron chi connectivity index (χ2n) is 8.29. The zero-order valence-electron chi connectivity index (χ0n) is 21.1. The molecule has 206 valence electrons. The van der Waals surface area contributed by atoms with Crippen LogP contribution in [0, 0.1) is 0 Å². The van der Waals surface area contributed by atoms with Gasteiger partial charge in [0.25, 0.3) is 5.91 Å². The van der Waals surface area contributed by atoms with Crippen LogP contribution in [0.1, 0.15) is 45.7 Å². The van der Waals surface area contributed by atoms with Gasteiger partial charge in [-0.2, -0.15) is 4.99 Å². The molecular weight excluding hydrogens is 538 g/mol. The number of hydrogen-bond donors (Lipinski definition) is 2. The molecule has 14 heteroatoms. The topological polar surface area (TPSA) is 195 Å². The van der Waals surface area contributed by atoms with E-state index < -0.39 is 31.6 Å². The SMILES string of the molecule is CCc1cc2c(cc1C(=O)N=C(N)N)S(=O)(=O)CCO2.CCc1cc2c(cc1C(=O)OC)S(=O)(=O)CCO2. The zero-order chi connectivity index (χ0) is 28.3. The van der Waals surface area contributed by atoms with Crippen molar-refractivity contribution in [3.05, 3.63) is 46.5 Å². The van der Waals surface area contributed by atoms with E-state index in [0.717, 1.165) is 5.56 Å². The summed E-state index contributed by atoms with van der Waals surface area (Å²) in [6.45, 7) is 3.98. The van der Waals surface area contributed by atoms with Crippen LogP contribution in [0.25, 0.3) is 0 Å². The summed E-state index contributed by atoms with van der Waals surface area (Å²) in [5, 5.41) is 0. The van der Waals surface area contributed by atoms with Gasteiger partial charge >= 0.3 is 5.97 Å². The molecule has 38 heavy (non-hydrogen) atoms. The Morgan fingerprint density at radius 2 is 1.29 bits per heavy atom. The highest BCUT2D eigenvalue weighted by Crippen LogP contribution is 2.33. The molecule has 0 radical (unpaired) electrons. The number of guanidine groups is 1. The Hall–Kier alpha value is -3.65. The number of aliphatic imine (C=N–C) groups is 1. The fraction of sp³-hybridized carbons (Fsp3) is 0.375. The van der Waals surface area contributed by atoms with Crippen LogP contribution in [0.2, 0.25) is 0 Å². The van der Waals surface area contributed by atoms with Crippen molar-refractivity contribution in [3.8, 4) is 11.5 Å². The minimum absolute atomic E-state index is 0.00935. The first-order valence-electron chi connectivity index (χ1n) is 11.6. The van der Waals surface area contributed by atoms with E-state index >= 15 is 0 Å². The number of amides is 1. The molecule has 2 aliphatic heterocycles. The van der Waals surface area contributed by atoms with Crippen LogP contribution in [0.5, 0.6) is 11.5 Å². The molecule has 2 aromatic carbocycles. The average Bonchev–Trinajstić information content (AvgIpc) is 2.86. The number of fused-ring (bicyclic) bond motifs is 2. The molecule has 0 saturated carbocycles. The van der Waals surface area contributed by atoms with Crippen LogP contribution in [0.15, 0.2) is 39.0 Å². The first-order valence-corrected chi connectivity index (χ1v) is 14.9. The van der Waals surface area contributed by atoms with Crippen molar-refractivity contribution in [1.29, 1.82) is 0 Å². The summed E-state index contributed by atoms with van der Waals surface area (Å²) in [6.07, 6.45) is 1.12. The molecule has 0 atom stereocenters. The summed E-state index contributed by atoms with van der Waals surface area (Å²) >= 11 is 0. The van der Waals surface area contributed by atoms with E-state index in [1.165, 1.54) is 19.2 Å². The van der Waals surface area contributed by atoms with Gasteiger partial charge in [-0.25, -0.2) is 21.6 Å². The Labute approximate surface area is 220 Å². The normalized spacial score (nSPS) is 16.2. The first-order chi connectivity index (χ1) is 17.8. The number of sulfone groups is 2. The van der Waals surface area contributed by atoms with Gasteiger partial charge < -0.3 is 25.7 Å². The maximum absolute atomic E-state index is 12.0. The summed E-state index contributed by atoms with van der Waals surface area (Å²) < 4.78 is 63.1. The third-order valence-electron chi connectivity index (χ3n) is 5.86. The highest BCUT2D eigenvalue weighted by molar-refractivity contribution is 7.91. The lowest BCUT2D eigenvalue weighted by Gasteiger charge is -2.19. The maximum Gasteiger partial charge on any atom is 0.338 e. The standard InChI is InChI=1S/C12H15N3O4S.C12H14O5S/c1-2-7-5-9-10(20(17,18)4-3-19-9)6-8(7)11(16)15-12(13)14;1-3-8-6-10-11(7-9(8)12(13)16-2)18(14,15)5-4-17-10/h5-6H,2-4H2,1H3,(H4,13,14,15,16);6-7H,3-5H2,1-2H3. The summed E-state index contributed by atoms with van der Waals surface area (Å²) in [4.78, 5) is 27.1. The molecule has 4 N–H and O–H groups in total. The van der Waals surface area contributed by atoms with Crippen molar-refractivity contribution in [1.82, 2.24) is 0 Å². The number of rotatable bonds is 4. The monoisotopic (exact) mass is 567 g/mol. The fourth-order valence-electron chi connectivity index (χ4n) is 3.92. The van der Waals surface area contributed by atoms with Gasteiger partial charge in [-0.15, -0.1) is 0 Å². The molecule has 0 fully saturated rings.